The summed E-state index contributed by atoms with van der Waals surface area (Å²) in [5.74, 6) is 0.239. The summed E-state index contributed by atoms with van der Waals surface area (Å²) in [6, 6.07) is 6.79. The summed E-state index contributed by atoms with van der Waals surface area (Å²) in [6.45, 7) is 0. The molecule has 1 heterocycles. The maximum Gasteiger partial charge on any atom is 0.340 e. The van der Waals surface area contributed by atoms with Gasteiger partial charge in [-0.05, 0) is 12.1 Å². The maximum atomic E-state index is 13.1. The number of hydrogen-bond acceptors (Lipinski definition) is 5. The second-order valence-corrected chi connectivity index (χ2v) is 4.17. The molecule has 102 valence electrons. The van der Waals surface area contributed by atoms with Gasteiger partial charge in [0.25, 0.3) is 0 Å². The van der Waals surface area contributed by atoms with Crippen LogP contribution < -0.4 is 15.2 Å². The molecular weight excluding hydrogens is 265 g/mol. The van der Waals surface area contributed by atoms with Crippen molar-refractivity contribution in [3.63, 3.8) is 0 Å². The van der Waals surface area contributed by atoms with Crippen LogP contribution in [0.2, 0.25) is 0 Å². The SMILES string of the molecule is COC(=O)c1cc2c(cc1N)Oc1cc(F)ccc1O2. The van der Waals surface area contributed by atoms with Gasteiger partial charge in [0.1, 0.15) is 5.82 Å². The molecule has 0 amide bonds. The van der Waals surface area contributed by atoms with Crippen molar-refractivity contribution in [2.24, 2.45) is 0 Å². The smallest absolute Gasteiger partial charge is 0.340 e. The van der Waals surface area contributed by atoms with Crippen molar-refractivity contribution in [1.29, 1.82) is 0 Å². The van der Waals surface area contributed by atoms with Crippen LogP contribution in [0.4, 0.5) is 10.1 Å². The van der Waals surface area contributed by atoms with Crippen LogP contribution in [0.5, 0.6) is 23.0 Å². The Kier molecular flexibility index (Phi) is 2.71. The second-order valence-electron chi connectivity index (χ2n) is 4.17. The van der Waals surface area contributed by atoms with E-state index in [0.29, 0.717) is 17.2 Å². The Morgan fingerprint density at radius 3 is 2.50 bits per heavy atom. The third kappa shape index (κ3) is 1.91. The quantitative estimate of drug-likeness (QED) is 0.546. The van der Waals surface area contributed by atoms with E-state index in [1.165, 1.54) is 37.4 Å². The van der Waals surface area contributed by atoms with Gasteiger partial charge < -0.3 is 19.9 Å². The zero-order valence-corrected chi connectivity index (χ0v) is 10.5. The number of nitrogen functional groups attached to an aromatic ring is 1. The van der Waals surface area contributed by atoms with E-state index in [1.54, 1.807) is 0 Å². The lowest BCUT2D eigenvalue weighted by Gasteiger charge is -2.21. The number of methoxy groups -OCH3 is 1. The van der Waals surface area contributed by atoms with Crippen molar-refractivity contribution < 1.29 is 23.4 Å². The molecule has 1 aliphatic heterocycles. The summed E-state index contributed by atoms with van der Waals surface area (Å²) in [7, 11) is 1.26. The summed E-state index contributed by atoms with van der Waals surface area (Å²) < 4.78 is 28.9. The molecule has 0 aromatic heterocycles. The number of halogens is 1. The van der Waals surface area contributed by atoms with Crippen LogP contribution in [-0.2, 0) is 4.74 Å². The molecule has 0 atom stereocenters. The van der Waals surface area contributed by atoms with Crippen molar-refractivity contribution >= 4 is 11.7 Å². The number of hydrogen-bond donors (Lipinski definition) is 1. The Hall–Kier alpha value is -2.76. The van der Waals surface area contributed by atoms with Gasteiger partial charge in [-0.1, -0.05) is 0 Å². The largest absolute Gasteiger partial charge is 0.465 e. The number of anilines is 1. The average Bonchev–Trinajstić information content (AvgIpc) is 2.43. The number of ether oxygens (including phenoxy) is 3. The average molecular weight is 275 g/mol. The predicted molar refractivity (Wildman–Crippen MR) is 68.7 cm³/mol. The summed E-state index contributed by atoms with van der Waals surface area (Å²) >= 11 is 0. The lowest BCUT2D eigenvalue weighted by molar-refractivity contribution is 0.0601. The Morgan fingerprint density at radius 1 is 1.10 bits per heavy atom. The van der Waals surface area contributed by atoms with Gasteiger partial charge in [0, 0.05) is 18.2 Å². The van der Waals surface area contributed by atoms with E-state index >= 15 is 0 Å². The van der Waals surface area contributed by atoms with Crippen LogP contribution in [-0.4, -0.2) is 13.1 Å². The Labute approximate surface area is 113 Å². The molecule has 0 spiro atoms. The van der Waals surface area contributed by atoms with E-state index < -0.39 is 11.8 Å². The molecule has 1 aliphatic rings. The van der Waals surface area contributed by atoms with E-state index in [2.05, 4.69) is 4.74 Å². The first-order chi connectivity index (χ1) is 9.58. The highest BCUT2D eigenvalue weighted by atomic mass is 19.1. The van der Waals surface area contributed by atoms with Crippen molar-refractivity contribution in [2.75, 3.05) is 12.8 Å². The monoisotopic (exact) mass is 275 g/mol. The van der Waals surface area contributed by atoms with Gasteiger partial charge in [-0.2, -0.15) is 0 Å². The fourth-order valence-electron chi connectivity index (χ4n) is 1.90. The maximum absolute atomic E-state index is 13.1. The minimum Gasteiger partial charge on any atom is -0.465 e. The first-order valence-electron chi connectivity index (χ1n) is 5.75. The van der Waals surface area contributed by atoms with Gasteiger partial charge in [0.05, 0.1) is 18.4 Å². The van der Waals surface area contributed by atoms with Gasteiger partial charge in [-0.25, -0.2) is 9.18 Å². The normalized spacial score (nSPS) is 11.7. The van der Waals surface area contributed by atoms with Crippen molar-refractivity contribution in [1.82, 2.24) is 0 Å². The number of carbonyl (C=O) groups excluding carboxylic acids is 1. The molecule has 0 bridgehead atoms. The minimum absolute atomic E-state index is 0.181. The molecule has 0 aliphatic carbocycles. The molecule has 0 radical (unpaired) electrons. The second kappa shape index (κ2) is 4.41. The van der Waals surface area contributed by atoms with Crippen LogP contribution in [0.15, 0.2) is 30.3 Å². The lowest BCUT2D eigenvalue weighted by atomic mass is 10.1. The molecule has 5 nitrogen and oxygen atoms in total. The zero-order valence-electron chi connectivity index (χ0n) is 10.5. The highest BCUT2D eigenvalue weighted by molar-refractivity contribution is 5.96. The van der Waals surface area contributed by atoms with Crippen molar-refractivity contribution in [3.8, 4) is 23.0 Å². The standard InChI is InChI=1S/C14H10FNO4/c1-18-14(17)8-5-12-13(6-9(8)16)20-11-4-7(15)2-3-10(11)19-12/h2-6H,16H2,1H3. The van der Waals surface area contributed by atoms with E-state index in [-0.39, 0.29) is 17.0 Å². The molecule has 0 unspecified atom stereocenters. The Balaban J connectivity index is 2.06. The zero-order chi connectivity index (χ0) is 14.3. The molecule has 20 heavy (non-hydrogen) atoms. The Morgan fingerprint density at radius 2 is 1.75 bits per heavy atom. The topological polar surface area (TPSA) is 70.8 Å². The van der Waals surface area contributed by atoms with E-state index in [4.69, 9.17) is 15.2 Å². The van der Waals surface area contributed by atoms with Crippen LogP contribution in [0.1, 0.15) is 10.4 Å². The van der Waals surface area contributed by atoms with Crippen molar-refractivity contribution in [2.45, 2.75) is 0 Å². The fraction of sp³-hybridized carbons (Fsp3) is 0.0714. The number of carbonyl (C=O) groups is 1. The number of rotatable bonds is 1. The first kappa shape index (κ1) is 12.3. The summed E-state index contributed by atoms with van der Waals surface area (Å²) in [4.78, 5) is 11.6. The van der Waals surface area contributed by atoms with Crippen LogP contribution in [0, 0.1) is 5.82 Å². The first-order valence-corrected chi connectivity index (χ1v) is 5.75. The molecule has 3 rings (SSSR count). The van der Waals surface area contributed by atoms with Crippen LogP contribution in [0.25, 0.3) is 0 Å². The van der Waals surface area contributed by atoms with E-state index in [1.807, 2.05) is 0 Å². The molecule has 0 saturated carbocycles. The highest BCUT2D eigenvalue weighted by Gasteiger charge is 2.23. The summed E-state index contributed by atoms with van der Waals surface area (Å²) in [5, 5.41) is 0. The molecule has 6 heteroatoms. The third-order valence-corrected chi connectivity index (χ3v) is 2.87. The van der Waals surface area contributed by atoms with Gasteiger partial charge in [0.2, 0.25) is 0 Å². The highest BCUT2D eigenvalue weighted by Crippen LogP contribution is 2.46. The predicted octanol–water partition coefficient (Wildman–Crippen LogP) is 3.09. The minimum atomic E-state index is -0.571. The van der Waals surface area contributed by atoms with E-state index in [0.717, 1.165) is 0 Å². The number of esters is 1. The lowest BCUT2D eigenvalue weighted by Crippen LogP contribution is -2.08. The van der Waals surface area contributed by atoms with Crippen LogP contribution >= 0.6 is 0 Å². The van der Waals surface area contributed by atoms with Gasteiger partial charge in [0.15, 0.2) is 23.0 Å². The third-order valence-electron chi connectivity index (χ3n) is 2.87. The van der Waals surface area contributed by atoms with Gasteiger partial charge >= 0.3 is 5.97 Å². The van der Waals surface area contributed by atoms with Crippen molar-refractivity contribution in [3.05, 3.63) is 41.7 Å². The number of nitrogens with two attached hydrogens (primary N) is 1. The van der Waals surface area contributed by atoms with Crippen LogP contribution in [0.3, 0.4) is 0 Å². The number of fused-ring (bicyclic) bond motifs is 2. The summed E-state index contributed by atoms with van der Waals surface area (Å²) in [6.07, 6.45) is 0. The fourth-order valence-corrected chi connectivity index (χ4v) is 1.90. The summed E-state index contributed by atoms with van der Waals surface area (Å²) in [5.41, 5.74) is 6.14. The molecule has 0 saturated heterocycles. The molecule has 2 aromatic rings. The molecule has 2 aromatic carbocycles. The number of benzene rings is 2. The van der Waals surface area contributed by atoms with Gasteiger partial charge in [-0.15, -0.1) is 0 Å². The molecule has 0 fully saturated rings. The molecular formula is C14H10FNO4. The van der Waals surface area contributed by atoms with Gasteiger partial charge in [-0.3, -0.25) is 0 Å². The Bertz CT molecular complexity index is 715. The van der Waals surface area contributed by atoms with E-state index in [9.17, 15) is 9.18 Å². The molecule has 2 N–H and O–H groups in total.